The zero-order chi connectivity index (χ0) is 15.7. The monoisotopic (exact) mass is 301 g/mol. The molecule has 2 saturated heterocycles. The Kier molecular flexibility index (Phi) is 4.16. The Morgan fingerprint density at radius 2 is 2.05 bits per heavy atom. The summed E-state index contributed by atoms with van der Waals surface area (Å²) in [6.07, 6.45) is 2.85. The summed E-state index contributed by atoms with van der Waals surface area (Å²) in [7, 11) is 0. The minimum absolute atomic E-state index is 0.0494. The summed E-state index contributed by atoms with van der Waals surface area (Å²) in [6.45, 7) is 3.92. The van der Waals surface area contributed by atoms with Crippen LogP contribution in [0.5, 0.6) is 0 Å². The van der Waals surface area contributed by atoms with E-state index in [-0.39, 0.29) is 23.9 Å². The lowest BCUT2D eigenvalue weighted by molar-refractivity contribution is -0.141. The van der Waals surface area contributed by atoms with Crippen LogP contribution in [-0.4, -0.2) is 53.3 Å². The fraction of sp³-hybridized carbons (Fsp3) is 0.529. The van der Waals surface area contributed by atoms with E-state index >= 15 is 0 Å². The molecule has 3 rings (SSSR count). The first-order valence-electron chi connectivity index (χ1n) is 8.02. The molecule has 2 aliphatic heterocycles. The zero-order valence-electron chi connectivity index (χ0n) is 13.0. The van der Waals surface area contributed by atoms with Crippen LogP contribution in [-0.2, 0) is 11.2 Å². The van der Waals surface area contributed by atoms with E-state index in [0.717, 1.165) is 31.4 Å². The smallest absolute Gasteiger partial charge is 0.254 e. The third-order valence-corrected chi connectivity index (χ3v) is 4.79. The molecular formula is C17H23N3O2. The van der Waals surface area contributed by atoms with Crippen LogP contribution in [0.1, 0.15) is 35.7 Å². The van der Waals surface area contributed by atoms with Crippen LogP contribution < -0.4 is 5.73 Å². The molecule has 1 aromatic rings. The molecule has 0 unspecified atom stereocenters. The molecule has 0 bridgehead atoms. The van der Waals surface area contributed by atoms with Gasteiger partial charge in [-0.2, -0.15) is 0 Å². The topological polar surface area (TPSA) is 66.6 Å². The standard InChI is InChI=1S/C17H23N3O2/c1-12-16(21)19-10-2-3-15(19)11-20(12)17(22)14-6-4-13(5-7-14)8-9-18/h4-7,12,15H,2-3,8-11,18H2,1H3/t12-,15-/m0/s1. The highest BCUT2D eigenvalue weighted by Gasteiger charge is 2.42. The van der Waals surface area contributed by atoms with E-state index in [2.05, 4.69) is 0 Å². The van der Waals surface area contributed by atoms with Crippen LogP contribution in [0.2, 0.25) is 0 Å². The van der Waals surface area contributed by atoms with Gasteiger partial charge in [0.2, 0.25) is 5.91 Å². The second-order valence-corrected chi connectivity index (χ2v) is 6.20. The van der Waals surface area contributed by atoms with Gasteiger partial charge < -0.3 is 15.5 Å². The average molecular weight is 301 g/mol. The fourth-order valence-corrected chi connectivity index (χ4v) is 3.48. The SMILES string of the molecule is C[C@H]1C(=O)N2CCC[C@H]2CN1C(=O)c1ccc(CCN)cc1. The minimum Gasteiger partial charge on any atom is -0.336 e. The fourth-order valence-electron chi connectivity index (χ4n) is 3.48. The van der Waals surface area contributed by atoms with Crippen LogP contribution in [0.4, 0.5) is 0 Å². The number of hydrogen-bond donors (Lipinski definition) is 1. The summed E-state index contributed by atoms with van der Waals surface area (Å²) >= 11 is 0. The Bertz CT molecular complexity index is 570. The maximum absolute atomic E-state index is 12.7. The summed E-state index contributed by atoms with van der Waals surface area (Å²) in [5.41, 5.74) is 7.31. The van der Waals surface area contributed by atoms with E-state index in [1.54, 1.807) is 4.90 Å². The summed E-state index contributed by atoms with van der Waals surface area (Å²) < 4.78 is 0. The molecule has 2 heterocycles. The largest absolute Gasteiger partial charge is 0.336 e. The normalized spacial score (nSPS) is 24.5. The summed E-state index contributed by atoms with van der Waals surface area (Å²) in [5.74, 6) is 0.0357. The van der Waals surface area contributed by atoms with Crippen molar-refractivity contribution >= 4 is 11.8 Å². The molecule has 2 fully saturated rings. The maximum Gasteiger partial charge on any atom is 0.254 e. The number of benzene rings is 1. The molecule has 0 radical (unpaired) electrons. The number of hydrogen-bond acceptors (Lipinski definition) is 3. The molecule has 2 amide bonds. The molecule has 0 aliphatic carbocycles. The first kappa shape index (κ1) is 15.0. The number of rotatable bonds is 3. The number of nitrogens with two attached hydrogens (primary N) is 1. The van der Waals surface area contributed by atoms with Crippen molar-refractivity contribution in [2.24, 2.45) is 5.73 Å². The molecular weight excluding hydrogens is 278 g/mol. The lowest BCUT2D eigenvalue weighted by Crippen LogP contribution is -2.60. The van der Waals surface area contributed by atoms with Gasteiger partial charge in [0, 0.05) is 24.7 Å². The predicted octanol–water partition coefficient (Wildman–Crippen LogP) is 1.02. The Hall–Kier alpha value is -1.88. The molecule has 1 aromatic carbocycles. The quantitative estimate of drug-likeness (QED) is 0.906. The molecule has 2 aliphatic rings. The summed E-state index contributed by atoms with van der Waals surface area (Å²) in [4.78, 5) is 28.8. The minimum atomic E-state index is -0.370. The van der Waals surface area contributed by atoms with Gasteiger partial charge in [-0.1, -0.05) is 12.1 Å². The van der Waals surface area contributed by atoms with Crippen LogP contribution in [0.15, 0.2) is 24.3 Å². The van der Waals surface area contributed by atoms with Gasteiger partial charge in [-0.3, -0.25) is 9.59 Å². The Morgan fingerprint density at radius 1 is 1.32 bits per heavy atom. The highest BCUT2D eigenvalue weighted by Crippen LogP contribution is 2.26. The molecule has 5 heteroatoms. The third kappa shape index (κ3) is 2.61. The van der Waals surface area contributed by atoms with Gasteiger partial charge in [-0.15, -0.1) is 0 Å². The number of amides is 2. The van der Waals surface area contributed by atoms with E-state index in [9.17, 15) is 9.59 Å². The Balaban J connectivity index is 1.77. The molecule has 0 spiro atoms. The number of fused-ring (bicyclic) bond motifs is 1. The highest BCUT2D eigenvalue weighted by molar-refractivity contribution is 5.98. The molecule has 0 saturated carbocycles. The van der Waals surface area contributed by atoms with Crippen molar-refractivity contribution in [1.29, 1.82) is 0 Å². The van der Waals surface area contributed by atoms with Crippen molar-refractivity contribution in [3.63, 3.8) is 0 Å². The zero-order valence-corrected chi connectivity index (χ0v) is 13.0. The number of carbonyl (C=O) groups is 2. The van der Waals surface area contributed by atoms with Gasteiger partial charge in [0.1, 0.15) is 6.04 Å². The number of carbonyl (C=O) groups excluding carboxylic acids is 2. The lowest BCUT2D eigenvalue weighted by Gasteiger charge is -2.41. The van der Waals surface area contributed by atoms with Crippen LogP contribution in [0.3, 0.4) is 0 Å². The van der Waals surface area contributed by atoms with Crippen LogP contribution >= 0.6 is 0 Å². The van der Waals surface area contributed by atoms with Gasteiger partial charge in [-0.25, -0.2) is 0 Å². The van der Waals surface area contributed by atoms with Crippen molar-refractivity contribution < 1.29 is 9.59 Å². The average Bonchev–Trinajstić information content (AvgIpc) is 3.00. The van der Waals surface area contributed by atoms with Gasteiger partial charge in [0.05, 0.1) is 0 Å². The molecule has 2 atom stereocenters. The predicted molar refractivity (Wildman–Crippen MR) is 84.4 cm³/mol. The van der Waals surface area contributed by atoms with E-state index < -0.39 is 0 Å². The van der Waals surface area contributed by atoms with E-state index in [1.165, 1.54) is 0 Å². The number of piperazine rings is 1. The highest BCUT2D eigenvalue weighted by atomic mass is 16.2. The second kappa shape index (κ2) is 6.08. The molecule has 0 aromatic heterocycles. The molecule has 5 nitrogen and oxygen atoms in total. The van der Waals surface area contributed by atoms with Crippen molar-refractivity contribution in [2.45, 2.75) is 38.3 Å². The maximum atomic E-state index is 12.7. The van der Waals surface area contributed by atoms with Gasteiger partial charge in [-0.05, 0) is 50.4 Å². The summed E-state index contributed by atoms with van der Waals surface area (Å²) in [5, 5.41) is 0. The van der Waals surface area contributed by atoms with Crippen molar-refractivity contribution in [3.8, 4) is 0 Å². The van der Waals surface area contributed by atoms with Crippen molar-refractivity contribution in [3.05, 3.63) is 35.4 Å². The van der Waals surface area contributed by atoms with E-state index in [0.29, 0.717) is 18.7 Å². The third-order valence-electron chi connectivity index (χ3n) is 4.79. The number of nitrogens with zero attached hydrogens (tertiary/aromatic N) is 2. The lowest BCUT2D eigenvalue weighted by atomic mass is 10.0. The molecule has 118 valence electrons. The van der Waals surface area contributed by atoms with Crippen LogP contribution in [0.25, 0.3) is 0 Å². The van der Waals surface area contributed by atoms with Gasteiger partial charge in [0.15, 0.2) is 0 Å². The summed E-state index contributed by atoms with van der Waals surface area (Å²) in [6, 6.07) is 7.39. The van der Waals surface area contributed by atoms with Gasteiger partial charge in [0.25, 0.3) is 5.91 Å². The second-order valence-electron chi connectivity index (χ2n) is 6.20. The molecule has 22 heavy (non-hydrogen) atoms. The van der Waals surface area contributed by atoms with Crippen molar-refractivity contribution in [2.75, 3.05) is 19.6 Å². The van der Waals surface area contributed by atoms with E-state index in [4.69, 9.17) is 5.73 Å². The first-order valence-corrected chi connectivity index (χ1v) is 8.02. The first-order chi connectivity index (χ1) is 10.6. The van der Waals surface area contributed by atoms with Crippen molar-refractivity contribution in [1.82, 2.24) is 9.80 Å². The Labute approximate surface area is 131 Å². The van der Waals surface area contributed by atoms with E-state index in [1.807, 2.05) is 36.1 Å². The molecule has 2 N–H and O–H groups in total. The van der Waals surface area contributed by atoms with Crippen LogP contribution in [0, 0.1) is 0 Å². The Morgan fingerprint density at radius 3 is 2.73 bits per heavy atom. The van der Waals surface area contributed by atoms with Gasteiger partial charge >= 0.3 is 0 Å².